The molecule has 6 heteroatoms. The van der Waals surface area contributed by atoms with Crippen molar-refractivity contribution in [3.63, 3.8) is 0 Å². The molecule has 0 saturated carbocycles. The van der Waals surface area contributed by atoms with Gasteiger partial charge in [0.05, 0.1) is 10.8 Å². The number of fused-ring (bicyclic) bond motifs is 1. The number of hydrogen-bond acceptors (Lipinski definition) is 4. The molecule has 1 aromatic heterocycles. The maximum absolute atomic E-state index is 12.0. The van der Waals surface area contributed by atoms with Gasteiger partial charge in [-0.25, -0.2) is 0 Å². The Morgan fingerprint density at radius 2 is 2.30 bits per heavy atom. The molecule has 0 fully saturated rings. The number of rotatable bonds is 6. The van der Waals surface area contributed by atoms with Gasteiger partial charge in [-0.05, 0) is 36.6 Å². The van der Waals surface area contributed by atoms with Gasteiger partial charge in [-0.2, -0.15) is 11.8 Å². The van der Waals surface area contributed by atoms with Crippen molar-refractivity contribution in [3.8, 4) is 0 Å². The van der Waals surface area contributed by atoms with Gasteiger partial charge in [-0.15, -0.1) is 11.3 Å². The number of aryl methyl sites for hydroxylation is 1. The quantitative estimate of drug-likeness (QED) is 0.793. The first-order chi connectivity index (χ1) is 9.58. The number of hydrogen-bond donors (Lipinski definition) is 2. The maximum atomic E-state index is 12.0. The lowest BCUT2D eigenvalue weighted by Crippen LogP contribution is -2.24. The SMILES string of the molecule is CC(CCCNC(=O)c1cc2c(s1)CCSC2)C(=O)O. The first-order valence-electron chi connectivity index (χ1n) is 6.78. The minimum Gasteiger partial charge on any atom is -0.481 e. The zero-order valence-corrected chi connectivity index (χ0v) is 13.1. The summed E-state index contributed by atoms with van der Waals surface area (Å²) in [5.41, 5.74) is 1.30. The lowest BCUT2D eigenvalue weighted by atomic mass is 10.1. The Morgan fingerprint density at radius 3 is 3.00 bits per heavy atom. The number of aliphatic carboxylic acids is 1. The summed E-state index contributed by atoms with van der Waals surface area (Å²) < 4.78 is 0. The van der Waals surface area contributed by atoms with Gasteiger partial charge in [-0.3, -0.25) is 9.59 Å². The zero-order valence-electron chi connectivity index (χ0n) is 11.5. The highest BCUT2D eigenvalue weighted by molar-refractivity contribution is 7.98. The minimum atomic E-state index is -0.778. The van der Waals surface area contributed by atoms with Crippen LogP contribution in [0.2, 0.25) is 0 Å². The molecule has 0 bridgehead atoms. The number of carboxylic acids is 1. The van der Waals surface area contributed by atoms with Crippen LogP contribution < -0.4 is 5.32 Å². The Bertz CT molecular complexity index is 475. The average molecular weight is 313 g/mol. The van der Waals surface area contributed by atoms with E-state index in [-0.39, 0.29) is 11.8 Å². The van der Waals surface area contributed by atoms with Crippen molar-refractivity contribution in [3.05, 3.63) is 21.4 Å². The molecule has 0 aromatic carbocycles. The molecular weight excluding hydrogens is 294 g/mol. The molecule has 1 aliphatic rings. The zero-order chi connectivity index (χ0) is 14.5. The summed E-state index contributed by atoms with van der Waals surface area (Å²) >= 11 is 3.50. The van der Waals surface area contributed by atoms with Gasteiger partial charge in [0.25, 0.3) is 5.91 Å². The predicted octanol–water partition coefficient (Wildman–Crippen LogP) is 2.77. The van der Waals surface area contributed by atoms with Crippen LogP contribution in [-0.4, -0.2) is 29.3 Å². The van der Waals surface area contributed by atoms with Crippen LogP contribution in [0.1, 0.15) is 39.9 Å². The van der Waals surface area contributed by atoms with Gasteiger partial charge >= 0.3 is 5.97 Å². The lowest BCUT2D eigenvalue weighted by molar-refractivity contribution is -0.141. The molecule has 0 radical (unpaired) electrons. The second-order valence-electron chi connectivity index (χ2n) is 5.00. The molecule has 4 nitrogen and oxygen atoms in total. The normalized spacial score (nSPS) is 15.4. The van der Waals surface area contributed by atoms with E-state index in [1.165, 1.54) is 10.4 Å². The molecule has 0 saturated heterocycles. The van der Waals surface area contributed by atoms with Gasteiger partial charge in [0, 0.05) is 17.2 Å². The molecule has 110 valence electrons. The fourth-order valence-electron chi connectivity index (χ4n) is 2.08. The maximum Gasteiger partial charge on any atom is 0.306 e. The van der Waals surface area contributed by atoms with E-state index in [2.05, 4.69) is 5.32 Å². The summed E-state index contributed by atoms with van der Waals surface area (Å²) in [5, 5.41) is 11.6. The van der Waals surface area contributed by atoms with Crippen molar-refractivity contribution in [2.24, 2.45) is 5.92 Å². The van der Waals surface area contributed by atoms with Crippen molar-refractivity contribution in [1.29, 1.82) is 0 Å². The number of amides is 1. The van der Waals surface area contributed by atoms with E-state index >= 15 is 0 Å². The molecule has 1 amide bonds. The molecule has 1 aliphatic heterocycles. The second-order valence-corrected chi connectivity index (χ2v) is 7.24. The monoisotopic (exact) mass is 313 g/mol. The molecule has 1 atom stereocenters. The standard InChI is InChI=1S/C14H19NO3S2/c1-9(14(17)18)3-2-5-15-13(16)12-7-10-8-19-6-4-11(10)20-12/h7,9H,2-6,8H2,1H3,(H,15,16)(H,17,18). The van der Waals surface area contributed by atoms with Crippen molar-refractivity contribution in [2.75, 3.05) is 12.3 Å². The average Bonchev–Trinajstić information content (AvgIpc) is 2.86. The number of carboxylic acid groups (broad SMARTS) is 1. The van der Waals surface area contributed by atoms with E-state index in [1.807, 2.05) is 17.8 Å². The Balaban J connectivity index is 1.77. The molecule has 0 spiro atoms. The van der Waals surface area contributed by atoms with Crippen LogP contribution in [0.15, 0.2) is 6.07 Å². The highest BCUT2D eigenvalue weighted by Crippen LogP contribution is 2.31. The van der Waals surface area contributed by atoms with Crippen LogP contribution >= 0.6 is 23.1 Å². The van der Waals surface area contributed by atoms with Crippen molar-refractivity contribution >= 4 is 35.0 Å². The van der Waals surface area contributed by atoms with Gasteiger partial charge in [-0.1, -0.05) is 6.92 Å². The van der Waals surface area contributed by atoms with E-state index in [4.69, 9.17) is 5.11 Å². The van der Waals surface area contributed by atoms with E-state index < -0.39 is 5.97 Å². The van der Waals surface area contributed by atoms with Crippen LogP contribution in [0.3, 0.4) is 0 Å². The van der Waals surface area contributed by atoms with Gasteiger partial charge in [0.1, 0.15) is 0 Å². The number of thiophene rings is 1. The van der Waals surface area contributed by atoms with E-state index in [1.54, 1.807) is 18.3 Å². The predicted molar refractivity (Wildman–Crippen MR) is 82.6 cm³/mol. The third kappa shape index (κ3) is 3.99. The number of carbonyl (C=O) groups excluding carboxylic acids is 1. The van der Waals surface area contributed by atoms with Crippen LogP contribution in [0.5, 0.6) is 0 Å². The topological polar surface area (TPSA) is 66.4 Å². The highest BCUT2D eigenvalue weighted by atomic mass is 32.2. The fourth-order valence-corrected chi connectivity index (χ4v) is 4.37. The van der Waals surface area contributed by atoms with Crippen LogP contribution in [-0.2, 0) is 17.0 Å². The lowest BCUT2D eigenvalue weighted by Gasteiger charge is -2.08. The molecule has 0 aliphatic carbocycles. The number of thioether (sulfide) groups is 1. The van der Waals surface area contributed by atoms with Gasteiger partial charge in [0.15, 0.2) is 0 Å². The van der Waals surface area contributed by atoms with Crippen LogP contribution in [0.4, 0.5) is 0 Å². The van der Waals surface area contributed by atoms with Crippen molar-refractivity contribution in [1.82, 2.24) is 5.32 Å². The Labute approximate surface area is 127 Å². The Kier molecular flexibility index (Phi) is 5.48. The molecular formula is C14H19NO3S2. The highest BCUT2D eigenvalue weighted by Gasteiger charge is 2.17. The summed E-state index contributed by atoms with van der Waals surface area (Å²) in [7, 11) is 0. The Morgan fingerprint density at radius 1 is 1.50 bits per heavy atom. The minimum absolute atomic E-state index is 0.0302. The van der Waals surface area contributed by atoms with Crippen molar-refractivity contribution in [2.45, 2.75) is 31.9 Å². The summed E-state index contributed by atoms with van der Waals surface area (Å²) in [6, 6.07) is 2.00. The molecule has 2 rings (SSSR count). The molecule has 1 aromatic rings. The van der Waals surface area contributed by atoms with Gasteiger partial charge < -0.3 is 10.4 Å². The first kappa shape index (κ1) is 15.4. The largest absolute Gasteiger partial charge is 0.481 e. The van der Waals surface area contributed by atoms with E-state index in [0.717, 1.165) is 22.8 Å². The van der Waals surface area contributed by atoms with E-state index in [0.29, 0.717) is 19.4 Å². The number of carbonyl (C=O) groups is 2. The smallest absolute Gasteiger partial charge is 0.306 e. The molecule has 2 heterocycles. The fraction of sp³-hybridized carbons (Fsp3) is 0.571. The van der Waals surface area contributed by atoms with Crippen LogP contribution in [0, 0.1) is 5.92 Å². The molecule has 2 N–H and O–H groups in total. The summed E-state index contributed by atoms with van der Waals surface area (Å²) in [6.07, 6.45) is 2.35. The molecule has 1 unspecified atom stereocenters. The summed E-state index contributed by atoms with van der Waals surface area (Å²) in [6.45, 7) is 2.23. The second kappa shape index (κ2) is 7.13. The first-order valence-corrected chi connectivity index (χ1v) is 8.75. The van der Waals surface area contributed by atoms with Crippen molar-refractivity contribution < 1.29 is 14.7 Å². The summed E-state index contributed by atoms with van der Waals surface area (Å²) in [4.78, 5) is 24.8. The molecule has 20 heavy (non-hydrogen) atoms. The summed E-state index contributed by atoms with van der Waals surface area (Å²) in [5.74, 6) is 0.992. The third-order valence-electron chi connectivity index (χ3n) is 3.37. The Hall–Kier alpha value is -1.01. The van der Waals surface area contributed by atoms with E-state index in [9.17, 15) is 9.59 Å². The van der Waals surface area contributed by atoms with Crippen LogP contribution in [0.25, 0.3) is 0 Å². The third-order valence-corrected chi connectivity index (χ3v) is 5.62. The number of nitrogens with one attached hydrogen (secondary N) is 1. The van der Waals surface area contributed by atoms with Gasteiger partial charge in [0.2, 0.25) is 0 Å².